The molecule has 27 heavy (non-hydrogen) atoms. The van der Waals surface area contributed by atoms with Gasteiger partial charge < -0.3 is 9.84 Å². The molecule has 2 aromatic heterocycles. The molecule has 0 bridgehead atoms. The van der Waals surface area contributed by atoms with Crippen molar-refractivity contribution < 1.29 is 9.32 Å². The van der Waals surface area contributed by atoms with Crippen LogP contribution in [0.3, 0.4) is 0 Å². The zero-order chi connectivity index (χ0) is 19.0. The molecule has 144 valence electrons. The van der Waals surface area contributed by atoms with Crippen molar-refractivity contribution >= 4 is 5.91 Å². The third-order valence-electron chi connectivity index (χ3n) is 6.08. The highest BCUT2D eigenvalue weighted by molar-refractivity contribution is 5.81. The van der Waals surface area contributed by atoms with Crippen LogP contribution in [0.25, 0.3) is 11.3 Å². The standard InChI is InChI=1S/C21H28N4O2/c1-12-8-17(12)21(26)23-10-15-4-6-16(7-5-15)20-18(11-22-14(3)24-20)19-9-13(2)25-27-19/h9,11-12,15-17H,4-8,10H2,1-3H3,(H,23,26)/t12-,15?,16?,17+/m0/s1. The van der Waals surface area contributed by atoms with Gasteiger partial charge >= 0.3 is 0 Å². The maximum Gasteiger partial charge on any atom is 0.223 e. The van der Waals surface area contributed by atoms with Crippen molar-refractivity contribution in [2.75, 3.05) is 6.54 Å². The summed E-state index contributed by atoms with van der Waals surface area (Å²) in [5.41, 5.74) is 2.90. The van der Waals surface area contributed by atoms with Crippen molar-refractivity contribution in [3.8, 4) is 11.3 Å². The second-order valence-corrected chi connectivity index (χ2v) is 8.33. The molecule has 0 unspecified atom stereocenters. The molecule has 2 heterocycles. The summed E-state index contributed by atoms with van der Waals surface area (Å²) in [5, 5.41) is 7.17. The molecule has 6 heteroatoms. The molecule has 0 aliphatic heterocycles. The van der Waals surface area contributed by atoms with E-state index >= 15 is 0 Å². The van der Waals surface area contributed by atoms with Crippen molar-refractivity contribution in [1.29, 1.82) is 0 Å². The van der Waals surface area contributed by atoms with E-state index in [1.807, 2.05) is 26.1 Å². The number of rotatable bonds is 5. The van der Waals surface area contributed by atoms with Crippen molar-refractivity contribution in [1.82, 2.24) is 20.4 Å². The SMILES string of the molecule is Cc1cc(-c2cnc(C)nc2C2CCC(CNC(=O)[C@@H]3C[C@@H]3C)CC2)on1. The van der Waals surface area contributed by atoms with Crippen LogP contribution in [-0.2, 0) is 4.79 Å². The van der Waals surface area contributed by atoms with Crippen LogP contribution in [0, 0.1) is 31.6 Å². The van der Waals surface area contributed by atoms with Crippen LogP contribution in [0.4, 0.5) is 0 Å². The van der Waals surface area contributed by atoms with Crippen molar-refractivity contribution in [2.24, 2.45) is 17.8 Å². The highest BCUT2D eigenvalue weighted by atomic mass is 16.5. The van der Waals surface area contributed by atoms with E-state index in [-0.39, 0.29) is 11.8 Å². The van der Waals surface area contributed by atoms with Gasteiger partial charge in [-0.3, -0.25) is 4.79 Å². The first kappa shape index (κ1) is 18.1. The summed E-state index contributed by atoms with van der Waals surface area (Å²) in [6.07, 6.45) is 7.30. The zero-order valence-electron chi connectivity index (χ0n) is 16.4. The van der Waals surface area contributed by atoms with Crippen LogP contribution in [0.1, 0.15) is 62.2 Å². The number of nitrogens with one attached hydrogen (secondary N) is 1. The van der Waals surface area contributed by atoms with Gasteiger partial charge in [-0.1, -0.05) is 12.1 Å². The van der Waals surface area contributed by atoms with Gasteiger partial charge in [0.15, 0.2) is 5.76 Å². The Morgan fingerprint density at radius 2 is 2.00 bits per heavy atom. The summed E-state index contributed by atoms with van der Waals surface area (Å²) in [4.78, 5) is 21.2. The predicted octanol–water partition coefficient (Wildman–Crippen LogP) is 3.79. The number of aryl methyl sites for hydroxylation is 2. The highest BCUT2D eigenvalue weighted by Gasteiger charge is 2.39. The Balaban J connectivity index is 1.39. The maximum atomic E-state index is 12.0. The molecule has 1 N–H and O–H groups in total. The minimum Gasteiger partial charge on any atom is -0.356 e. The molecule has 2 aliphatic carbocycles. The molecule has 0 aromatic carbocycles. The normalized spacial score (nSPS) is 27.4. The molecular formula is C21H28N4O2. The van der Waals surface area contributed by atoms with Crippen LogP contribution >= 0.6 is 0 Å². The number of hydrogen-bond donors (Lipinski definition) is 1. The minimum absolute atomic E-state index is 0.249. The Hall–Kier alpha value is -2.24. The Morgan fingerprint density at radius 1 is 1.26 bits per heavy atom. The van der Waals surface area contributed by atoms with E-state index in [1.165, 1.54) is 0 Å². The number of aromatic nitrogens is 3. The average Bonchev–Trinajstić information content (AvgIpc) is 3.25. The lowest BCUT2D eigenvalue weighted by Crippen LogP contribution is -2.32. The van der Waals surface area contributed by atoms with Crippen molar-refractivity contribution in [3.63, 3.8) is 0 Å². The van der Waals surface area contributed by atoms with Gasteiger partial charge in [0.25, 0.3) is 0 Å². The average molecular weight is 368 g/mol. The van der Waals surface area contributed by atoms with Crippen LogP contribution in [-0.4, -0.2) is 27.6 Å². The molecule has 1 amide bonds. The first-order valence-electron chi connectivity index (χ1n) is 10.1. The Labute approximate surface area is 160 Å². The molecule has 0 radical (unpaired) electrons. The van der Waals surface area contributed by atoms with Gasteiger partial charge in [-0.05, 0) is 57.8 Å². The lowest BCUT2D eigenvalue weighted by Gasteiger charge is -2.29. The van der Waals surface area contributed by atoms with Crippen LogP contribution in [0.15, 0.2) is 16.8 Å². The smallest absolute Gasteiger partial charge is 0.223 e. The Morgan fingerprint density at radius 3 is 2.63 bits per heavy atom. The first-order valence-corrected chi connectivity index (χ1v) is 10.1. The van der Waals surface area contributed by atoms with Crippen LogP contribution in [0.2, 0.25) is 0 Å². The summed E-state index contributed by atoms with van der Waals surface area (Å²) in [5.74, 6) is 3.59. The lowest BCUT2D eigenvalue weighted by molar-refractivity contribution is -0.122. The molecule has 6 nitrogen and oxygen atoms in total. The molecule has 0 saturated heterocycles. The van der Waals surface area contributed by atoms with Gasteiger partial charge in [0.05, 0.1) is 17.0 Å². The van der Waals surface area contributed by atoms with E-state index in [4.69, 9.17) is 9.51 Å². The molecular weight excluding hydrogens is 340 g/mol. The van der Waals surface area contributed by atoms with E-state index in [2.05, 4.69) is 22.4 Å². The molecule has 2 aliphatic rings. The van der Waals surface area contributed by atoms with Crippen LogP contribution in [0.5, 0.6) is 0 Å². The van der Waals surface area contributed by atoms with Gasteiger partial charge in [0.1, 0.15) is 5.82 Å². The van der Waals surface area contributed by atoms with Crippen molar-refractivity contribution in [3.05, 3.63) is 29.5 Å². The van der Waals surface area contributed by atoms with Gasteiger partial charge in [0.2, 0.25) is 5.91 Å². The second-order valence-electron chi connectivity index (χ2n) is 8.33. The third-order valence-corrected chi connectivity index (χ3v) is 6.08. The largest absolute Gasteiger partial charge is 0.356 e. The Kier molecular flexibility index (Phi) is 4.98. The van der Waals surface area contributed by atoms with Gasteiger partial charge in [-0.2, -0.15) is 0 Å². The summed E-state index contributed by atoms with van der Waals surface area (Å²) in [6.45, 7) is 6.81. The topological polar surface area (TPSA) is 80.9 Å². The van der Waals surface area contributed by atoms with E-state index in [0.29, 0.717) is 17.8 Å². The number of carbonyl (C=O) groups is 1. The molecule has 2 aromatic rings. The summed E-state index contributed by atoms with van der Waals surface area (Å²) < 4.78 is 5.47. The van der Waals surface area contributed by atoms with Gasteiger partial charge in [0, 0.05) is 30.6 Å². The number of amides is 1. The molecule has 2 fully saturated rings. The predicted molar refractivity (Wildman–Crippen MR) is 102 cm³/mol. The zero-order valence-corrected chi connectivity index (χ0v) is 16.4. The Bertz CT molecular complexity index is 823. The monoisotopic (exact) mass is 368 g/mol. The minimum atomic E-state index is 0.249. The number of hydrogen-bond acceptors (Lipinski definition) is 5. The molecule has 2 saturated carbocycles. The third kappa shape index (κ3) is 4.04. The fourth-order valence-corrected chi connectivity index (χ4v) is 4.18. The lowest BCUT2D eigenvalue weighted by atomic mass is 9.79. The molecule has 4 rings (SSSR count). The fraction of sp³-hybridized carbons (Fsp3) is 0.619. The second kappa shape index (κ2) is 7.41. The van der Waals surface area contributed by atoms with Crippen molar-refractivity contribution in [2.45, 2.75) is 58.8 Å². The summed E-state index contributed by atoms with van der Waals surface area (Å²) in [7, 11) is 0. The maximum absolute atomic E-state index is 12.0. The number of nitrogens with zero attached hydrogens (tertiary/aromatic N) is 3. The summed E-state index contributed by atoms with van der Waals surface area (Å²) >= 11 is 0. The highest BCUT2D eigenvalue weighted by Crippen LogP contribution is 2.40. The van der Waals surface area contributed by atoms with E-state index < -0.39 is 0 Å². The van der Waals surface area contributed by atoms with E-state index in [1.54, 1.807) is 0 Å². The van der Waals surface area contributed by atoms with Gasteiger partial charge in [-0.15, -0.1) is 0 Å². The van der Waals surface area contributed by atoms with Crippen LogP contribution < -0.4 is 5.32 Å². The van der Waals surface area contributed by atoms with E-state index in [0.717, 1.165) is 67.2 Å². The van der Waals surface area contributed by atoms with Gasteiger partial charge in [-0.25, -0.2) is 9.97 Å². The molecule has 0 spiro atoms. The summed E-state index contributed by atoms with van der Waals surface area (Å²) in [6, 6.07) is 1.94. The van der Waals surface area contributed by atoms with E-state index in [9.17, 15) is 4.79 Å². The quantitative estimate of drug-likeness (QED) is 0.868. The fourth-order valence-electron chi connectivity index (χ4n) is 4.18. The number of carbonyl (C=O) groups excluding carboxylic acids is 1. The molecule has 2 atom stereocenters. The first-order chi connectivity index (χ1) is 13.0.